The molecule has 2 rings (SSSR count). The summed E-state index contributed by atoms with van der Waals surface area (Å²) in [4.78, 5) is 26.8. The molecule has 0 fully saturated rings. The lowest BCUT2D eigenvalue weighted by atomic mass is 10.1. The van der Waals surface area contributed by atoms with Gasteiger partial charge in [0, 0.05) is 23.4 Å². The molecule has 1 heterocycles. The lowest BCUT2D eigenvalue weighted by molar-refractivity contribution is -0.689. The highest BCUT2D eigenvalue weighted by Gasteiger charge is 2.15. The second kappa shape index (κ2) is 9.99. The van der Waals surface area contributed by atoms with E-state index in [0.29, 0.717) is 30.2 Å². The van der Waals surface area contributed by atoms with E-state index in [0.717, 1.165) is 31.5 Å². The molecule has 0 aliphatic heterocycles. The number of nitrogens with one attached hydrogen (secondary N) is 1. The van der Waals surface area contributed by atoms with E-state index < -0.39 is 0 Å². The molecule has 1 N–H and O–H groups in total. The number of carbonyl (C=O) groups excluding carboxylic acids is 2. The van der Waals surface area contributed by atoms with E-state index in [1.165, 1.54) is 0 Å². The lowest BCUT2D eigenvalue weighted by Gasteiger charge is -2.03. The van der Waals surface area contributed by atoms with Crippen LogP contribution in [0.3, 0.4) is 0 Å². The minimum absolute atomic E-state index is 0.0461. The maximum atomic E-state index is 12.4. The van der Waals surface area contributed by atoms with E-state index in [1.54, 1.807) is 24.3 Å². The molecule has 0 atom stereocenters. The Morgan fingerprint density at radius 2 is 1.92 bits per heavy atom. The number of halogens is 1. The number of hydrogen-bond donors (Lipinski definition) is 1. The number of H-pyrrole nitrogens is 1. The fourth-order valence-electron chi connectivity index (χ4n) is 2.61. The third-order valence-electron chi connectivity index (χ3n) is 3.93. The van der Waals surface area contributed by atoms with Crippen LogP contribution in [0, 0.1) is 0 Å². The number of aromatic amines is 1. The van der Waals surface area contributed by atoms with Crippen molar-refractivity contribution >= 4 is 23.4 Å². The number of ketones is 1. The second-order valence-corrected chi connectivity index (χ2v) is 6.27. The van der Waals surface area contributed by atoms with Crippen LogP contribution >= 0.6 is 11.6 Å². The summed E-state index contributed by atoms with van der Waals surface area (Å²) < 4.78 is 6.84. The zero-order valence-electron chi connectivity index (χ0n) is 14.5. The van der Waals surface area contributed by atoms with Crippen molar-refractivity contribution in [3.8, 4) is 0 Å². The van der Waals surface area contributed by atoms with Crippen LogP contribution in [0.25, 0.3) is 0 Å². The molecule has 0 amide bonds. The molecular weight excluding hydrogens is 340 g/mol. The maximum absolute atomic E-state index is 12.4. The molecular formula is C19H24ClN2O3+. The van der Waals surface area contributed by atoms with Gasteiger partial charge >= 0.3 is 5.97 Å². The summed E-state index contributed by atoms with van der Waals surface area (Å²) in [5.74, 6) is 0.925. The molecule has 1 aromatic heterocycles. The van der Waals surface area contributed by atoms with Crippen LogP contribution in [0.5, 0.6) is 0 Å². The van der Waals surface area contributed by atoms with Crippen LogP contribution in [0.15, 0.2) is 36.7 Å². The number of imidazole rings is 1. The van der Waals surface area contributed by atoms with Gasteiger partial charge in [-0.15, -0.1) is 0 Å². The highest BCUT2D eigenvalue weighted by atomic mass is 35.5. The molecule has 25 heavy (non-hydrogen) atoms. The fraction of sp³-hybridized carbons (Fsp3) is 0.421. The van der Waals surface area contributed by atoms with Gasteiger partial charge in [-0.25, -0.2) is 9.55 Å². The van der Waals surface area contributed by atoms with Crippen molar-refractivity contribution in [1.82, 2.24) is 4.98 Å². The number of aryl methyl sites for hydroxylation is 1. The summed E-state index contributed by atoms with van der Waals surface area (Å²) in [6.45, 7) is 2.54. The highest BCUT2D eigenvalue weighted by Crippen LogP contribution is 2.10. The van der Waals surface area contributed by atoms with E-state index in [-0.39, 0.29) is 11.8 Å². The fourth-order valence-corrected chi connectivity index (χ4v) is 2.74. The molecule has 5 nitrogen and oxygen atoms in total. The number of benzene rings is 1. The van der Waals surface area contributed by atoms with Gasteiger partial charge in [-0.1, -0.05) is 18.0 Å². The summed E-state index contributed by atoms with van der Waals surface area (Å²) in [5.41, 5.74) is 0.651. The van der Waals surface area contributed by atoms with Gasteiger partial charge in [0.25, 0.3) is 5.82 Å². The molecule has 134 valence electrons. The molecule has 6 heteroatoms. The largest absolute Gasteiger partial charge is 0.466 e. The molecule has 0 aliphatic rings. The topological polar surface area (TPSA) is 63.0 Å². The monoisotopic (exact) mass is 363 g/mol. The van der Waals surface area contributed by atoms with E-state index in [2.05, 4.69) is 4.98 Å². The first-order valence-electron chi connectivity index (χ1n) is 8.60. The van der Waals surface area contributed by atoms with E-state index in [9.17, 15) is 9.59 Å². The normalized spacial score (nSPS) is 10.6. The first kappa shape index (κ1) is 19.2. The number of unbranched alkanes of at least 4 members (excludes halogenated alkanes) is 2. The Kier molecular flexibility index (Phi) is 7.67. The van der Waals surface area contributed by atoms with Gasteiger partial charge in [0.1, 0.15) is 12.4 Å². The third kappa shape index (κ3) is 6.35. The average molecular weight is 364 g/mol. The molecule has 0 spiro atoms. The van der Waals surface area contributed by atoms with Crippen molar-refractivity contribution in [2.75, 3.05) is 6.61 Å². The number of Topliss-reactive ketones (excluding diaryl/α,β-unsaturated/α-hetero) is 1. The predicted octanol–water partition coefficient (Wildman–Crippen LogP) is 3.50. The number of rotatable bonds is 10. The average Bonchev–Trinajstić information content (AvgIpc) is 3.02. The first-order valence-corrected chi connectivity index (χ1v) is 8.98. The number of carbonyl (C=O) groups is 2. The van der Waals surface area contributed by atoms with Crippen molar-refractivity contribution in [3.63, 3.8) is 0 Å². The summed E-state index contributed by atoms with van der Waals surface area (Å²) in [6.07, 6.45) is 7.74. The van der Waals surface area contributed by atoms with Gasteiger partial charge in [-0.05, 0) is 44.0 Å². The second-order valence-electron chi connectivity index (χ2n) is 5.83. The Hall–Kier alpha value is -2.14. The van der Waals surface area contributed by atoms with Crippen LogP contribution in [0.4, 0.5) is 0 Å². The Balaban J connectivity index is 1.79. The Morgan fingerprint density at radius 1 is 1.16 bits per heavy atom. The minimum Gasteiger partial charge on any atom is -0.466 e. The minimum atomic E-state index is -0.133. The van der Waals surface area contributed by atoms with Gasteiger partial charge < -0.3 is 4.74 Å². The van der Waals surface area contributed by atoms with Crippen molar-refractivity contribution in [2.45, 2.75) is 45.6 Å². The lowest BCUT2D eigenvalue weighted by Crippen LogP contribution is -2.40. The standard InChI is InChI=1S/C19H23ClN2O3/c1-2-25-19(24)7-5-3-4-6-18-21-12-13-22(18)14-17(23)15-8-10-16(20)11-9-15/h8-13H,2-7,14H2,1H3/p+1. The molecule has 0 saturated carbocycles. The smallest absolute Gasteiger partial charge is 0.305 e. The van der Waals surface area contributed by atoms with Crippen LogP contribution in [-0.4, -0.2) is 23.3 Å². The van der Waals surface area contributed by atoms with E-state index >= 15 is 0 Å². The number of aromatic nitrogens is 2. The van der Waals surface area contributed by atoms with Gasteiger partial charge in [-0.2, -0.15) is 0 Å². The molecule has 0 saturated heterocycles. The van der Waals surface area contributed by atoms with E-state index in [1.807, 2.05) is 23.9 Å². The SMILES string of the molecule is CCOC(=O)CCCCCc1[nH]cc[n+]1CC(=O)c1ccc(Cl)cc1. The maximum Gasteiger partial charge on any atom is 0.305 e. The van der Waals surface area contributed by atoms with Crippen molar-refractivity contribution in [3.05, 3.63) is 53.1 Å². The van der Waals surface area contributed by atoms with Gasteiger partial charge in [0.2, 0.25) is 5.78 Å². The van der Waals surface area contributed by atoms with Crippen molar-refractivity contribution in [2.24, 2.45) is 0 Å². The number of esters is 1. The van der Waals surface area contributed by atoms with Crippen LogP contribution in [0.1, 0.15) is 48.8 Å². The Labute approximate surface area is 153 Å². The molecule has 1 aromatic carbocycles. The van der Waals surface area contributed by atoms with Crippen molar-refractivity contribution < 1.29 is 18.9 Å². The molecule has 0 bridgehead atoms. The van der Waals surface area contributed by atoms with Gasteiger partial charge in [0.15, 0.2) is 6.54 Å². The summed E-state index contributed by atoms with van der Waals surface area (Å²) in [6, 6.07) is 6.93. The zero-order valence-corrected chi connectivity index (χ0v) is 15.2. The quantitative estimate of drug-likeness (QED) is 0.304. The number of ether oxygens (including phenoxy) is 1. The highest BCUT2D eigenvalue weighted by molar-refractivity contribution is 6.30. The molecule has 0 aliphatic carbocycles. The van der Waals surface area contributed by atoms with Crippen LogP contribution < -0.4 is 4.57 Å². The van der Waals surface area contributed by atoms with Gasteiger partial charge in [0.05, 0.1) is 6.61 Å². The number of nitrogens with zero attached hydrogens (tertiary/aromatic N) is 1. The predicted molar refractivity (Wildman–Crippen MR) is 95.6 cm³/mol. The van der Waals surface area contributed by atoms with Crippen LogP contribution in [0.2, 0.25) is 5.02 Å². The molecule has 0 unspecified atom stereocenters. The number of hydrogen-bond acceptors (Lipinski definition) is 3. The van der Waals surface area contributed by atoms with Gasteiger partial charge in [-0.3, -0.25) is 9.59 Å². The zero-order chi connectivity index (χ0) is 18.1. The van der Waals surface area contributed by atoms with E-state index in [4.69, 9.17) is 16.3 Å². The Morgan fingerprint density at radius 3 is 2.64 bits per heavy atom. The third-order valence-corrected chi connectivity index (χ3v) is 4.18. The summed E-state index contributed by atoms with van der Waals surface area (Å²) in [5, 5.41) is 0.620. The van der Waals surface area contributed by atoms with Crippen LogP contribution in [-0.2, 0) is 22.5 Å². The van der Waals surface area contributed by atoms with Crippen molar-refractivity contribution in [1.29, 1.82) is 0 Å². The molecule has 0 radical (unpaired) electrons. The summed E-state index contributed by atoms with van der Waals surface area (Å²) in [7, 11) is 0. The Bertz CT molecular complexity index is 695. The molecule has 2 aromatic rings. The first-order chi connectivity index (χ1) is 12.1. The summed E-state index contributed by atoms with van der Waals surface area (Å²) >= 11 is 5.85.